The standard InChI is InChI=1S/C13H19N5O2S/c1-3-14-12-5-4-11(10-16-12)21(19,20)17-7-6-13-15-8-9-18(13)2/h4-5,8-10,17H,3,6-7H2,1-2H3,(H,14,16). The van der Waals surface area contributed by atoms with Crippen LogP contribution in [0.5, 0.6) is 0 Å². The van der Waals surface area contributed by atoms with Gasteiger partial charge in [-0.3, -0.25) is 0 Å². The zero-order valence-electron chi connectivity index (χ0n) is 12.1. The Morgan fingerprint density at radius 2 is 2.10 bits per heavy atom. The van der Waals surface area contributed by atoms with Crippen molar-refractivity contribution in [3.8, 4) is 0 Å². The third-order valence-corrected chi connectivity index (χ3v) is 4.41. The first kappa shape index (κ1) is 15.5. The fourth-order valence-corrected chi connectivity index (χ4v) is 2.82. The van der Waals surface area contributed by atoms with Gasteiger partial charge in [-0.05, 0) is 19.1 Å². The molecule has 0 spiro atoms. The number of sulfonamides is 1. The van der Waals surface area contributed by atoms with Gasteiger partial charge in [0.1, 0.15) is 16.5 Å². The predicted molar refractivity (Wildman–Crippen MR) is 80.5 cm³/mol. The van der Waals surface area contributed by atoms with E-state index in [0.717, 1.165) is 12.4 Å². The Balaban J connectivity index is 1.96. The molecular weight excluding hydrogens is 290 g/mol. The van der Waals surface area contributed by atoms with Crippen LogP contribution in [0.1, 0.15) is 12.7 Å². The average molecular weight is 309 g/mol. The number of nitrogens with one attached hydrogen (secondary N) is 2. The van der Waals surface area contributed by atoms with Crippen LogP contribution in [-0.2, 0) is 23.5 Å². The van der Waals surface area contributed by atoms with Crippen LogP contribution >= 0.6 is 0 Å². The smallest absolute Gasteiger partial charge is 0.242 e. The van der Waals surface area contributed by atoms with Crippen molar-refractivity contribution < 1.29 is 8.42 Å². The molecule has 0 fully saturated rings. The maximum atomic E-state index is 12.1. The normalized spacial score (nSPS) is 11.5. The number of pyridine rings is 1. The number of rotatable bonds is 7. The summed E-state index contributed by atoms with van der Waals surface area (Å²) in [5, 5.41) is 3.02. The summed E-state index contributed by atoms with van der Waals surface area (Å²) >= 11 is 0. The van der Waals surface area contributed by atoms with Crippen molar-refractivity contribution in [2.45, 2.75) is 18.2 Å². The molecule has 2 aromatic rings. The van der Waals surface area contributed by atoms with Crippen LogP contribution in [0.15, 0.2) is 35.6 Å². The molecule has 0 unspecified atom stereocenters. The largest absolute Gasteiger partial charge is 0.370 e. The third kappa shape index (κ3) is 4.02. The number of anilines is 1. The second-order valence-corrected chi connectivity index (χ2v) is 6.28. The van der Waals surface area contributed by atoms with Crippen molar-refractivity contribution in [1.29, 1.82) is 0 Å². The van der Waals surface area contributed by atoms with Crippen LogP contribution in [0.3, 0.4) is 0 Å². The van der Waals surface area contributed by atoms with Crippen LogP contribution < -0.4 is 10.0 Å². The summed E-state index contributed by atoms with van der Waals surface area (Å²) in [6.45, 7) is 2.98. The summed E-state index contributed by atoms with van der Waals surface area (Å²) in [7, 11) is -1.66. The van der Waals surface area contributed by atoms with Crippen molar-refractivity contribution in [1.82, 2.24) is 19.3 Å². The van der Waals surface area contributed by atoms with Crippen molar-refractivity contribution >= 4 is 15.8 Å². The second kappa shape index (κ2) is 6.68. The maximum Gasteiger partial charge on any atom is 0.242 e. The van der Waals surface area contributed by atoms with E-state index < -0.39 is 10.0 Å². The minimum absolute atomic E-state index is 0.156. The third-order valence-electron chi connectivity index (χ3n) is 2.97. The highest BCUT2D eigenvalue weighted by Crippen LogP contribution is 2.10. The Hall–Kier alpha value is -1.93. The van der Waals surface area contributed by atoms with Gasteiger partial charge in [-0.1, -0.05) is 0 Å². The lowest BCUT2D eigenvalue weighted by Crippen LogP contribution is -2.26. The molecule has 0 saturated heterocycles. The van der Waals surface area contributed by atoms with E-state index in [1.54, 1.807) is 12.3 Å². The molecule has 0 aliphatic carbocycles. The zero-order valence-corrected chi connectivity index (χ0v) is 12.9. The number of imidazole rings is 1. The molecule has 8 heteroatoms. The van der Waals surface area contributed by atoms with Gasteiger partial charge in [-0.2, -0.15) is 0 Å². The Morgan fingerprint density at radius 1 is 1.29 bits per heavy atom. The van der Waals surface area contributed by atoms with Crippen molar-refractivity contribution in [2.24, 2.45) is 7.05 Å². The quantitative estimate of drug-likeness (QED) is 0.788. The zero-order chi connectivity index (χ0) is 15.3. The van der Waals surface area contributed by atoms with Gasteiger partial charge in [0.05, 0.1) is 0 Å². The lowest BCUT2D eigenvalue weighted by Gasteiger charge is -2.07. The highest BCUT2D eigenvalue weighted by Gasteiger charge is 2.14. The Kier molecular flexibility index (Phi) is 4.92. The molecular formula is C13H19N5O2S. The van der Waals surface area contributed by atoms with E-state index >= 15 is 0 Å². The fourth-order valence-electron chi connectivity index (χ4n) is 1.84. The van der Waals surface area contributed by atoms with Crippen LogP contribution in [0.25, 0.3) is 0 Å². The van der Waals surface area contributed by atoms with E-state index in [1.807, 2.05) is 24.7 Å². The molecule has 2 aromatic heterocycles. The molecule has 0 bridgehead atoms. The first-order chi connectivity index (χ1) is 10.0. The highest BCUT2D eigenvalue weighted by atomic mass is 32.2. The minimum Gasteiger partial charge on any atom is -0.370 e. The van der Waals surface area contributed by atoms with Gasteiger partial charge >= 0.3 is 0 Å². The van der Waals surface area contributed by atoms with Crippen LogP contribution in [0.4, 0.5) is 5.82 Å². The summed E-state index contributed by atoms with van der Waals surface area (Å²) in [5.74, 6) is 1.49. The first-order valence-electron chi connectivity index (χ1n) is 6.68. The van der Waals surface area contributed by atoms with Gasteiger partial charge < -0.3 is 9.88 Å². The lowest BCUT2D eigenvalue weighted by molar-refractivity contribution is 0.579. The van der Waals surface area contributed by atoms with Gasteiger partial charge in [0.2, 0.25) is 10.0 Å². The van der Waals surface area contributed by atoms with E-state index in [4.69, 9.17) is 0 Å². The summed E-state index contributed by atoms with van der Waals surface area (Å²) in [4.78, 5) is 8.36. The predicted octanol–water partition coefficient (Wildman–Crippen LogP) is 0.768. The molecule has 21 heavy (non-hydrogen) atoms. The van der Waals surface area contributed by atoms with E-state index in [1.165, 1.54) is 12.3 Å². The average Bonchev–Trinajstić information content (AvgIpc) is 2.85. The molecule has 2 N–H and O–H groups in total. The SMILES string of the molecule is CCNc1ccc(S(=O)(=O)NCCc2nccn2C)cn1. The number of nitrogens with zero attached hydrogens (tertiary/aromatic N) is 3. The van der Waals surface area contributed by atoms with Crippen molar-refractivity contribution in [2.75, 3.05) is 18.4 Å². The summed E-state index contributed by atoms with van der Waals surface area (Å²) in [5.41, 5.74) is 0. The molecule has 0 radical (unpaired) electrons. The Labute approximate surface area is 124 Å². The van der Waals surface area contributed by atoms with Gasteiger partial charge in [0.25, 0.3) is 0 Å². The van der Waals surface area contributed by atoms with E-state index in [2.05, 4.69) is 20.0 Å². The Morgan fingerprint density at radius 3 is 2.67 bits per heavy atom. The van der Waals surface area contributed by atoms with E-state index in [-0.39, 0.29) is 4.90 Å². The van der Waals surface area contributed by atoms with Crippen molar-refractivity contribution in [3.63, 3.8) is 0 Å². The molecule has 0 aliphatic heterocycles. The number of aromatic nitrogens is 3. The van der Waals surface area contributed by atoms with E-state index in [0.29, 0.717) is 18.8 Å². The summed E-state index contributed by atoms with van der Waals surface area (Å²) in [6.07, 6.45) is 5.40. The monoisotopic (exact) mass is 309 g/mol. The number of hydrogen-bond acceptors (Lipinski definition) is 5. The lowest BCUT2D eigenvalue weighted by atomic mass is 10.4. The maximum absolute atomic E-state index is 12.1. The van der Waals surface area contributed by atoms with Gasteiger partial charge in [-0.25, -0.2) is 23.1 Å². The molecule has 2 heterocycles. The molecule has 7 nitrogen and oxygen atoms in total. The topological polar surface area (TPSA) is 88.9 Å². The van der Waals surface area contributed by atoms with Crippen LogP contribution in [0, 0.1) is 0 Å². The van der Waals surface area contributed by atoms with Gasteiger partial charge in [-0.15, -0.1) is 0 Å². The minimum atomic E-state index is -3.54. The molecule has 0 atom stereocenters. The van der Waals surface area contributed by atoms with Gasteiger partial charge in [0.15, 0.2) is 0 Å². The van der Waals surface area contributed by atoms with Crippen LogP contribution in [-0.4, -0.2) is 36.0 Å². The highest BCUT2D eigenvalue weighted by molar-refractivity contribution is 7.89. The molecule has 114 valence electrons. The fraction of sp³-hybridized carbons (Fsp3) is 0.385. The summed E-state index contributed by atoms with van der Waals surface area (Å²) < 4.78 is 28.6. The molecule has 2 rings (SSSR count). The second-order valence-electron chi connectivity index (χ2n) is 4.51. The molecule has 0 saturated carbocycles. The molecule has 0 aliphatic rings. The molecule has 0 aromatic carbocycles. The summed E-state index contributed by atoms with van der Waals surface area (Å²) in [6, 6.07) is 3.19. The Bertz CT molecular complexity index is 679. The van der Waals surface area contributed by atoms with Crippen molar-refractivity contribution in [3.05, 3.63) is 36.5 Å². The number of hydrogen-bond donors (Lipinski definition) is 2. The first-order valence-corrected chi connectivity index (χ1v) is 8.17. The molecule has 0 amide bonds. The van der Waals surface area contributed by atoms with E-state index in [9.17, 15) is 8.42 Å². The van der Waals surface area contributed by atoms with Crippen LogP contribution in [0.2, 0.25) is 0 Å². The van der Waals surface area contributed by atoms with Gasteiger partial charge in [0, 0.05) is 45.1 Å². The number of aryl methyl sites for hydroxylation is 1.